The molecule has 0 fully saturated rings. The molecule has 5 heteroatoms. The summed E-state index contributed by atoms with van der Waals surface area (Å²) in [4.78, 5) is 0. The number of rotatable bonds is 5. The van der Waals surface area contributed by atoms with E-state index in [9.17, 15) is 0 Å². The van der Waals surface area contributed by atoms with Crippen molar-refractivity contribution in [3.63, 3.8) is 0 Å². The van der Waals surface area contributed by atoms with Gasteiger partial charge in [0.25, 0.3) is 0 Å². The molecule has 0 aliphatic carbocycles. The molecule has 2 atom stereocenters. The van der Waals surface area contributed by atoms with Gasteiger partial charge in [-0.05, 0) is 49.2 Å². The molecule has 0 aliphatic heterocycles. The van der Waals surface area contributed by atoms with Crippen molar-refractivity contribution < 1.29 is 4.74 Å². The summed E-state index contributed by atoms with van der Waals surface area (Å²) in [5.41, 5.74) is 7.15. The van der Waals surface area contributed by atoms with Crippen LogP contribution in [-0.4, -0.2) is 12.1 Å². The minimum atomic E-state index is -0.192. The van der Waals surface area contributed by atoms with E-state index in [4.69, 9.17) is 45.3 Å². The van der Waals surface area contributed by atoms with E-state index in [1.54, 1.807) is 24.3 Å². The van der Waals surface area contributed by atoms with E-state index in [1.807, 2.05) is 25.1 Å². The van der Waals surface area contributed by atoms with Gasteiger partial charge in [0.2, 0.25) is 0 Å². The standard InChI is InChI=1S/C16H16Cl3NO/c1-10(21-14-4-2-3-12(17)8-14)16(20)7-11-5-6-13(18)9-15(11)19/h2-6,8-10,16H,7,20H2,1H3. The smallest absolute Gasteiger partial charge is 0.121 e. The first-order valence-electron chi connectivity index (χ1n) is 6.57. The number of benzene rings is 2. The lowest BCUT2D eigenvalue weighted by Crippen LogP contribution is -2.38. The Bertz CT molecular complexity index is 618. The van der Waals surface area contributed by atoms with Crippen molar-refractivity contribution in [1.82, 2.24) is 0 Å². The second-order valence-corrected chi connectivity index (χ2v) is 6.16. The maximum atomic E-state index is 6.19. The minimum Gasteiger partial charge on any atom is -0.489 e. The molecule has 0 aliphatic rings. The van der Waals surface area contributed by atoms with E-state index in [2.05, 4.69) is 0 Å². The summed E-state index contributed by atoms with van der Waals surface area (Å²) in [7, 11) is 0. The fraction of sp³-hybridized carbons (Fsp3) is 0.250. The van der Waals surface area contributed by atoms with Crippen molar-refractivity contribution in [3.05, 3.63) is 63.1 Å². The highest BCUT2D eigenvalue weighted by Gasteiger charge is 2.16. The zero-order valence-electron chi connectivity index (χ0n) is 11.5. The monoisotopic (exact) mass is 343 g/mol. The van der Waals surface area contributed by atoms with Crippen molar-refractivity contribution in [3.8, 4) is 5.75 Å². The van der Waals surface area contributed by atoms with Crippen LogP contribution < -0.4 is 10.5 Å². The molecule has 0 radical (unpaired) electrons. The Kier molecular flexibility index (Phi) is 5.77. The van der Waals surface area contributed by atoms with Gasteiger partial charge >= 0.3 is 0 Å². The van der Waals surface area contributed by atoms with Gasteiger partial charge in [0.05, 0.1) is 0 Å². The Labute approximate surface area is 139 Å². The van der Waals surface area contributed by atoms with Gasteiger partial charge in [-0.2, -0.15) is 0 Å². The molecule has 112 valence electrons. The molecule has 0 heterocycles. The Morgan fingerprint density at radius 1 is 1.05 bits per heavy atom. The van der Waals surface area contributed by atoms with Crippen LogP contribution in [0.1, 0.15) is 12.5 Å². The first kappa shape index (κ1) is 16.4. The normalized spacial score (nSPS) is 13.8. The molecule has 2 N–H and O–H groups in total. The fourth-order valence-corrected chi connectivity index (χ4v) is 2.62. The van der Waals surface area contributed by atoms with Crippen LogP contribution in [-0.2, 0) is 6.42 Å². The lowest BCUT2D eigenvalue weighted by atomic mass is 10.0. The second-order valence-electron chi connectivity index (χ2n) is 4.88. The summed E-state index contributed by atoms with van der Waals surface area (Å²) in [5, 5.41) is 1.86. The van der Waals surface area contributed by atoms with Gasteiger partial charge in [0, 0.05) is 21.1 Å². The molecule has 0 bridgehead atoms. The number of halogens is 3. The molecular formula is C16H16Cl3NO. The zero-order chi connectivity index (χ0) is 15.4. The van der Waals surface area contributed by atoms with Gasteiger partial charge in [0.1, 0.15) is 11.9 Å². The van der Waals surface area contributed by atoms with Gasteiger partial charge < -0.3 is 10.5 Å². The highest BCUT2D eigenvalue weighted by atomic mass is 35.5. The minimum absolute atomic E-state index is 0.171. The molecule has 2 rings (SSSR count). The average molecular weight is 345 g/mol. The highest BCUT2D eigenvalue weighted by molar-refractivity contribution is 6.35. The third-order valence-electron chi connectivity index (χ3n) is 3.19. The van der Waals surface area contributed by atoms with Crippen LogP contribution in [0.15, 0.2) is 42.5 Å². The lowest BCUT2D eigenvalue weighted by Gasteiger charge is -2.22. The number of hydrogen-bond acceptors (Lipinski definition) is 2. The summed E-state index contributed by atoms with van der Waals surface area (Å²) in [6.07, 6.45) is 0.438. The zero-order valence-corrected chi connectivity index (χ0v) is 13.8. The van der Waals surface area contributed by atoms with Gasteiger partial charge in [-0.1, -0.05) is 46.9 Å². The summed E-state index contributed by atoms with van der Waals surface area (Å²) in [5.74, 6) is 0.702. The van der Waals surface area contributed by atoms with Crippen molar-refractivity contribution in [2.45, 2.75) is 25.5 Å². The summed E-state index contributed by atoms with van der Waals surface area (Å²) >= 11 is 18.0. The number of nitrogens with two attached hydrogens (primary N) is 1. The van der Waals surface area contributed by atoms with Crippen LogP contribution in [0.4, 0.5) is 0 Å². The SMILES string of the molecule is CC(Oc1cccc(Cl)c1)C(N)Cc1ccc(Cl)cc1Cl. The highest BCUT2D eigenvalue weighted by Crippen LogP contribution is 2.23. The van der Waals surface area contributed by atoms with E-state index in [-0.39, 0.29) is 12.1 Å². The van der Waals surface area contributed by atoms with Crippen molar-refractivity contribution >= 4 is 34.8 Å². The number of hydrogen-bond donors (Lipinski definition) is 1. The Hall–Kier alpha value is -0.930. The van der Waals surface area contributed by atoms with Crippen LogP contribution in [0, 0.1) is 0 Å². The molecule has 0 saturated heterocycles. The molecule has 0 aromatic heterocycles. The first-order valence-corrected chi connectivity index (χ1v) is 7.71. The lowest BCUT2D eigenvalue weighted by molar-refractivity contribution is 0.189. The van der Waals surface area contributed by atoms with Crippen LogP contribution >= 0.6 is 34.8 Å². The van der Waals surface area contributed by atoms with Gasteiger partial charge in [-0.3, -0.25) is 0 Å². The topological polar surface area (TPSA) is 35.2 Å². The van der Waals surface area contributed by atoms with Gasteiger partial charge in [-0.25, -0.2) is 0 Å². The van der Waals surface area contributed by atoms with Gasteiger partial charge in [0.15, 0.2) is 0 Å². The van der Waals surface area contributed by atoms with Gasteiger partial charge in [-0.15, -0.1) is 0 Å². The maximum Gasteiger partial charge on any atom is 0.121 e. The first-order chi connectivity index (χ1) is 9.95. The third kappa shape index (κ3) is 4.79. The molecule has 0 saturated carbocycles. The van der Waals surface area contributed by atoms with Crippen molar-refractivity contribution in [2.75, 3.05) is 0 Å². The second kappa shape index (κ2) is 7.37. The molecule has 0 spiro atoms. The van der Waals surface area contributed by atoms with Crippen LogP contribution in [0.25, 0.3) is 0 Å². The largest absolute Gasteiger partial charge is 0.489 e. The van der Waals surface area contributed by atoms with Crippen molar-refractivity contribution in [1.29, 1.82) is 0 Å². The molecular weight excluding hydrogens is 329 g/mol. The molecule has 2 unspecified atom stereocenters. The van der Waals surface area contributed by atoms with E-state index >= 15 is 0 Å². The Morgan fingerprint density at radius 3 is 2.43 bits per heavy atom. The maximum absolute atomic E-state index is 6.19. The Balaban J connectivity index is 2.00. The fourth-order valence-electron chi connectivity index (χ4n) is 1.95. The van der Waals surface area contributed by atoms with E-state index in [0.29, 0.717) is 27.2 Å². The summed E-state index contributed by atoms with van der Waals surface area (Å²) in [6, 6.07) is 12.5. The molecule has 2 nitrogen and oxygen atoms in total. The van der Waals surface area contributed by atoms with E-state index in [1.165, 1.54) is 0 Å². The predicted octanol–water partition coefficient (Wildman–Crippen LogP) is 4.98. The number of ether oxygens (including phenoxy) is 1. The average Bonchev–Trinajstić information content (AvgIpc) is 2.41. The Morgan fingerprint density at radius 2 is 1.76 bits per heavy atom. The quantitative estimate of drug-likeness (QED) is 0.830. The molecule has 2 aromatic carbocycles. The van der Waals surface area contributed by atoms with Crippen LogP contribution in [0.3, 0.4) is 0 Å². The molecule has 0 amide bonds. The van der Waals surface area contributed by atoms with E-state index in [0.717, 1.165) is 5.56 Å². The van der Waals surface area contributed by atoms with Crippen LogP contribution in [0.2, 0.25) is 15.1 Å². The van der Waals surface area contributed by atoms with Crippen LogP contribution in [0.5, 0.6) is 5.75 Å². The third-order valence-corrected chi connectivity index (χ3v) is 4.01. The molecule has 21 heavy (non-hydrogen) atoms. The predicted molar refractivity (Wildman–Crippen MR) is 89.7 cm³/mol. The summed E-state index contributed by atoms with van der Waals surface area (Å²) in [6.45, 7) is 1.93. The van der Waals surface area contributed by atoms with E-state index < -0.39 is 0 Å². The molecule has 2 aromatic rings. The summed E-state index contributed by atoms with van der Waals surface area (Å²) < 4.78 is 5.81. The van der Waals surface area contributed by atoms with Crippen molar-refractivity contribution in [2.24, 2.45) is 5.73 Å².